The van der Waals surface area contributed by atoms with Crippen molar-refractivity contribution in [2.24, 2.45) is 0 Å². The van der Waals surface area contributed by atoms with E-state index in [2.05, 4.69) is 10.6 Å². The Morgan fingerprint density at radius 3 is 3.00 bits per heavy atom. The molecule has 2 heterocycles. The summed E-state index contributed by atoms with van der Waals surface area (Å²) in [6, 6.07) is 4.69. The van der Waals surface area contributed by atoms with Gasteiger partial charge in [0.2, 0.25) is 5.91 Å². The van der Waals surface area contributed by atoms with Crippen LogP contribution >= 0.6 is 0 Å². The van der Waals surface area contributed by atoms with Crippen LogP contribution < -0.4 is 15.4 Å². The van der Waals surface area contributed by atoms with Crippen molar-refractivity contribution >= 4 is 17.8 Å². The molecule has 2 fully saturated rings. The van der Waals surface area contributed by atoms with Gasteiger partial charge in [-0.15, -0.1) is 0 Å². The highest BCUT2D eigenvalue weighted by Crippen LogP contribution is 2.19. The molecule has 0 aromatic heterocycles. The highest BCUT2D eigenvalue weighted by atomic mass is 19.1. The number of amides is 4. The van der Waals surface area contributed by atoms with Crippen LogP contribution in [0.4, 0.5) is 9.18 Å². The standard InChI is InChI=1S/C16H18FN3O5/c17-10-2-1-3-11(6-10)25-13-4-5-24-9-12(13)19-14(21)8-20-15(22)7-18-16(20)23/h1-3,6,12-13H,4-5,7-9H2,(H,18,23)(H,19,21)/t12-,13+/m1/s1. The van der Waals surface area contributed by atoms with Crippen LogP contribution in [0.1, 0.15) is 6.42 Å². The van der Waals surface area contributed by atoms with Crippen molar-refractivity contribution in [2.75, 3.05) is 26.3 Å². The molecule has 2 N–H and O–H groups in total. The van der Waals surface area contributed by atoms with Crippen LogP contribution in [0, 0.1) is 5.82 Å². The fourth-order valence-electron chi connectivity index (χ4n) is 2.72. The summed E-state index contributed by atoms with van der Waals surface area (Å²) in [5.41, 5.74) is 0. The largest absolute Gasteiger partial charge is 0.488 e. The summed E-state index contributed by atoms with van der Waals surface area (Å²) in [6.45, 7) is 0.211. The second-order valence-corrected chi connectivity index (χ2v) is 5.79. The number of hydrogen-bond donors (Lipinski definition) is 2. The monoisotopic (exact) mass is 351 g/mol. The van der Waals surface area contributed by atoms with Crippen molar-refractivity contribution in [3.8, 4) is 5.75 Å². The van der Waals surface area contributed by atoms with E-state index in [4.69, 9.17) is 9.47 Å². The summed E-state index contributed by atoms with van der Waals surface area (Å²) < 4.78 is 24.4. The van der Waals surface area contributed by atoms with Crippen LogP contribution in [0.3, 0.4) is 0 Å². The Bertz CT molecular complexity index is 667. The first-order valence-electron chi connectivity index (χ1n) is 7.90. The average molecular weight is 351 g/mol. The van der Waals surface area contributed by atoms with Gasteiger partial charge in [-0.25, -0.2) is 9.18 Å². The summed E-state index contributed by atoms with van der Waals surface area (Å²) >= 11 is 0. The van der Waals surface area contributed by atoms with E-state index in [9.17, 15) is 18.8 Å². The van der Waals surface area contributed by atoms with Crippen LogP contribution in [0.5, 0.6) is 5.75 Å². The molecule has 9 heteroatoms. The Morgan fingerprint density at radius 2 is 2.28 bits per heavy atom. The number of ether oxygens (including phenoxy) is 2. The van der Waals surface area contributed by atoms with Gasteiger partial charge in [-0.3, -0.25) is 14.5 Å². The predicted octanol–water partition coefficient (Wildman–Crippen LogP) is 0.0300. The quantitative estimate of drug-likeness (QED) is 0.730. The van der Waals surface area contributed by atoms with E-state index in [1.54, 1.807) is 6.07 Å². The van der Waals surface area contributed by atoms with Crippen molar-refractivity contribution in [2.45, 2.75) is 18.6 Å². The molecule has 0 radical (unpaired) electrons. The minimum absolute atomic E-state index is 0.107. The van der Waals surface area contributed by atoms with E-state index in [1.807, 2.05) is 0 Å². The van der Waals surface area contributed by atoms with Crippen molar-refractivity contribution in [3.63, 3.8) is 0 Å². The maximum absolute atomic E-state index is 13.3. The normalized spacial score (nSPS) is 23.3. The van der Waals surface area contributed by atoms with Crippen molar-refractivity contribution in [1.82, 2.24) is 15.5 Å². The van der Waals surface area contributed by atoms with Crippen LogP contribution in [-0.4, -0.2) is 61.2 Å². The molecule has 134 valence electrons. The molecular weight excluding hydrogens is 333 g/mol. The molecule has 25 heavy (non-hydrogen) atoms. The highest BCUT2D eigenvalue weighted by Gasteiger charge is 2.33. The lowest BCUT2D eigenvalue weighted by Crippen LogP contribution is -2.54. The fraction of sp³-hybridized carbons (Fsp3) is 0.438. The van der Waals surface area contributed by atoms with Gasteiger partial charge in [-0.05, 0) is 12.1 Å². The van der Waals surface area contributed by atoms with E-state index in [-0.39, 0.29) is 19.7 Å². The number of imide groups is 1. The van der Waals surface area contributed by atoms with E-state index in [1.165, 1.54) is 18.2 Å². The third kappa shape index (κ3) is 4.24. The smallest absolute Gasteiger partial charge is 0.325 e. The molecule has 1 aromatic rings. The Hall–Kier alpha value is -2.68. The molecule has 2 aliphatic heterocycles. The van der Waals surface area contributed by atoms with Gasteiger partial charge in [-0.1, -0.05) is 6.07 Å². The minimum atomic E-state index is -0.590. The summed E-state index contributed by atoms with van der Waals surface area (Å²) in [5.74, 6) is -0.995. The second kappa shape index (κ2) is 7.47. The Kier molecular flexibility index (Phi) is 5.13. The van der Waals surface area contributed by atoms with Gasteiger partial charge in [0.05, 0.1) is 25.8 Å². The number of nitrogens with zero attached hydrogens (tertiary/aromatic N) is 1. The van der Waals surface area contributed by atoms with Gasteiger partial charge in [-0.2, -0.15) is 0 Å². The molecule has 0 bridgehead atoms. The zero-order valence-electron chi connectivity index (χ0n) is 13.4. The predicted molar refractivity (Wildman–Crippen MR) is 83.3 cm³/mol. The molecular formula is C16H18FN3O5. The summed E-state index contributed by atoms with van der Waals surface area (Å²) in [4.78, 5) is 36.0. The van der Waals surface area contributed by atoms with Gasteiger partial charge >= 0.3 is 6.03 Å². The third-order valence-corrected chi connectivity index (χ3v) is 3.96. The fourth-order valence-corrected chi connectivity index (χ4v) is 2.72. The van der Waals surface area contributed by atoms with Crippen LogP contribution in [0.2, 0.25) is 0 Å². The van der Waals surface area contributed by atoms with Gasteiger partial charge in [0, 0.05) is 12.5 Å². The SMILES string of the molecule is O=C(CN1C(=O)CNC1=O)N[C@@H]1COCC[C@@H]1Oc1cccc(F)c1. The third-order valence-electron chi connectivity index (χ3n) is 3.96. The Balaban J connectivity index is 1.59. The number of urea groups is 1. The number of hydrogen-bond acceptors (Lipinski definition) is 5. The van der Waals surface area contributed by atoms with Gasteiger partial charge < -0.3 is 20.1 Å². The van der Waals surface area contributed by atoms with Crippen molar-refractivity contribution in [1.29, 1.82) is 0 Å². The van der Waals surface area contributed by atoms with Crippen LogP contribution in [-0.2, 0) is 14.3 Å². The first kappa shape index (κ1) is 17.2. The number of rotatable bonds is 5. The van der Waals surface area contributed by atoms with Gasteiger partial charge in [0.1, 0.15) is 24.2 Å². The van der Waals surface area contributed by atoms with Crippen LogP contribution in [0.15, 0.2) is 24.3 Å². The van der Waals surface area contributed by atoms with E-state index in [0.717, 1.165) is 4.90 Å². The van der Waals surface area contributed by atoms with E-state index in [0.29, 0.717) is 18.8 Å². The second-order valence-electron chi connectivity index (χ2n) is 5.79. The van der Waals surface area contributed by atoms with Crippen molar-refractivity contribution < 1.29 is 28.2 Å². The zero-order chi connectivity index (χ0) is 17.8. The number of halogens is 1. The lowest BCUT2D eigenvalue weighted by Gasteiger charge is -2.32. The summed E-state index contributed by atoms with van der Waals surface area (Å²) in [7, 11) is 0. The van der Waals surface area contributed by atoms with Crippen LogP contribution in [0.25, 0.3) is 0 Å². The maximum Gasteiger partial charge on any atom is 0.325 e. The molecule has 1 aromatic carbocycles. The summed E-state index contributed by atoms with van der Waals surface area (Å²) in [5, 5.41) is 5.06. The maximum atomic E-state index is 13.3. The molecule has 8 nitrogen and oxygen atoms in total. The Morgan fingerprint density at radius 1 is 1.44 bits per heavy atom. The van der Waals surface area contributed by atoms with Crippen molar-refractivity contribution in [3.05, 3.63) is 30.1 Å². The molecule has 3 rings (SSSR count). The number of carbonyl (C=O) groups excluding carboxylic acids is 3. The lowest BCUT2D eigenvalue weighted by atomic mass is 10.1. The molecule has 2 atom stereocenters. The number of nitrogens with one attached hydrogen (secondary N) is 2. The Labute approximate surface area is 143 Å². The first-order valence-corrected chi connectivity index (χ1v) is 7.90. The molecule has 0 saturated carbocycles. The zero-order valence-corrected chi connectivity index (χ0v) is 13.4. The van der Waals surface area contributed by atoms with E-state index >= 15 is 0 Å². The summed E-state index contributed by atoms with van der Waals surface area (Å²) in [6.07, 6.45) is 0.118. The molecule has 2 aliphatic rings. The molecule has 4 amide bonds. The molecule has 0 spiro atoms. The average Bonchev–Trinajstić information content (AvgIpc) is 2.89. The number of carbonyl (C=O) groups is 3. The molecule has 0 aliphatic carbocycles. The first-order chi connectivity index (χ1) is 12.0. The van der Waals surface area contributed by atoms with Gasteiger partial charge in [0.15, 0.2) is 0 Å². The topological polar surface area (TPSA) is 97.0 Å². The minimum Gasteiger partial charge on any atom is -0.488 e. The molecule has 0 unspecified atom stereocenters. The highest BCUT2D eigenvalue weighted by molar-refractivity contribution is 6.04. The van der Waals surface area contributed by atoms with Gasteiger partial charge in [0.25, 0.3) is 5.91 Å². The lowest BCUT2D eigenvalue weighted by molar-refractivity contribution is -0.132. The van der Waals surface area contributed by atoms with E-state index < -0.39 is 35.8 Å². The number of benzene rings is 1. The molecule has 2 saturated heterocycles.